The molecule has 0 bridgehead atoms. The lowest BCUT2D eigenvalue weighted by molar-refractivity contribution is -0.154. The molecular weight excluding hydrogens is 262 g/mol. The van der Waals surface area contributed by atoms with Gasteiger partial charge in [0.2, 0.25) is 5.91 Å². The van der Waals surface area contributed by atoms with Crippen molar-refractivity contribution in [2.24, 2.45) is 5.41 Å². The molecule has 1 fully saturated rings. The van der Waals surface area contributed by atoms with Crippen molar-refractivity contribution in [3.63, 3.8) is 0 Å². The van der Waals surface area contributed by atoms with E-state index in [0.29, 0.717) is 38.1 Å². The highest BCUT2D eigenvalue weighted by Gasteiger charge is 2.40. The Labute approximate surface area is 119 Å². The predicted octanol–water partition coefficient (Wildman–Crippen LogP) is 2.62. The molecule has 0 spiro atoms. The van der Waals surface area contributed by atoms with Gasteiger partial charge < -0.3 is 10.0 Å². The van der Waals surface area contributed by atoms with E-state index in [1.807, 2.05) is 11.8 Å². The number of carbonyl (C=O) groups excluding carboxylic acids is 1. The number of piperidine rings is 1. The van der Waals surface area contributed by atoms with Gasteiger partial charge in [-0.25, -0.2) is 0 Å². The van der Waals surface area contributed by atoms with Gasteiger partial charge in [-0.2, -0.15) is 0 Å². The van der Waals surface area contributed by atoms with Crippen molar-refractivity contribution >= 4 is 23.6 Å². The fourth-order valence-corrected chi connectivity index (χ4v) is 3.01. The van der Waals surface area contributed by atoms with Crippen LogP contribution in [-0.2, 0) is 9.59 Å². The van der Waals surface area contributed by atoms with E-state index in [2.05, 4.69) is 20.8 Å². The summed E-state index contributed by atoms with van der Waals surface area (Å²) in [5, 5.41) is 9.32. The van der Waals surface area contributed by atoms with Crippen molar-refractivity contribution < 1.29 is 14.7 Å². The molecule has 1 N–H and O–H groups in total. The maximum Gasteiger partial charge on any atom is 0.309 e. The summed E-state index contributed by atoms with van der Waals surface area (Å²) in [6, 6.07) is 0. The van der Waals surface area contributed by atoms with Gasteiger partial charge in [0, 0.05) is 17.8 Å². The van der Waals surface area contributed by atoms with Gasteiger partial charge in [-0.1, -0.05) is 27.7 Å². The van der Waals surface area contributed by atoms with Crippen molar-refractivity contribution in [1.82, 2.24) is 4.90 Å². The minimum absolute atomic E-state index is 0.0830. The first kappa shape index (κ1) is 16.3. The average Bonchev–Trinajstić information content (AvgIpc) is 2.35. The van der Waals surface area contributed by atoms with E-state index in [4.69, 9.17) is 0 Å². The molecule has 110 valence electrons. The molecule has 1 rings (SSSR count). The zero-order valence-corrected chi connectivity index (χ0v) is 13.2. The monoisotopic (exact) mass is 287 g/mol. The Balaban J connectivity index is 2.49. The Kier molecular flexibility index (Phi) is 5.30. The highest BCUT2D eigenvalue weighted by Crippen LogP contribution is 2.35. The molecular formula is C14H25NO3S. The molecule has 0 aromatic rings. The van der Waals surface area contributed by atoms with Gasteiger partial charge in [-0.3, -0.25) is 9.59 Å². The first-order valence-electron chi connectivity index (χ1n) is 6.85. The summed E-state index contributed by atoms with van der Waals surface area (Å²) >= 11 is 1.64. The molecule has 0 aliphatic carbocycles. The van der Waals surface area contributed by atoms with Crippen LogP contribution in [0.2, 0.25) is 0 Å². The third-order valence-electron chi connectivity index (χ3n) is 3.83. The van der Waals surface area contributed by atoms with E-state index >= 15 is 0 Å². The minimum atomic E-state index is -0.717. The summed E-state index contributed by atoms with van der Waals surface area (Å²) in [6.45, 7) is 9.34. The van der Waals surface area contributed by atoms with E-state index in [9.17, 15) is 14.7 Å². The summed E-state index contributed by atoms with van der Waals surface area (Å²) in [7, 11) is 0. The smallest absolute Gasteiger partial charge is 0.309 e. The molecule has 1 aliphatic heterocycles. The molecule has 1 heterocycles. The van der Waals surface area contributed by atoms with Gasteiger partial charge in [0.25, 0.3) is 0 Å². The molecule has 19 heavy (non-hydrogen) atoms. The maximum atomic E-state index is 12.1. The van der Waals surface area contributed by atoms with E-state index in [1.165, 1.54) is 0 Å². The number of aliphatic carboxylic acids is 1. The number of likely N-dealkylation sites (tertiary alicyclic amines) is 1. The van der Waals surface area contributed by atoms with Crippen LogP contribution < -0.4 is 0 Å². The third-order valence-corrected chi connectivity index (χ3v) is 5.09. The number of thioether (sulfide) groups is 1. The molecule has 0 unspecified atom stereocenters. The number of hydrogen-bond acceptors (Lipinski definition) is 3. The molecule has 4 nitrogen and oxygen atoms in total. The first-order valence-corrected chi connectivity index (χ1v) is 7.84. The molecule has 1 saturated heterocycles. The van der Waals surface area contributed by atoms with E-state index in [1.54, 1.807) is 11.8 Å². The highest BCUT2D eigenvalue weighted by atomic mass is 32.2. The molecule has 0 radical (unpaired) electrons. The zero-order valence-electron chi connectivity index (χ0n) is 12.4. The number of carboxylic acid groups (broad SMARTS) is 1. The van der Waals surface area contributed by atoms with E-state index in [-0.39, 0.29) is 10.7 Å². The summed E-state index contributed by atoms with van der Waals surface area (Å²) in [5.74, 6) is -0.100. The second-order valence-corrected chi connectivity index (χ2v) is 8.02. The SMILES string of the molecule is CCC1(C(=O)O)CCN(C(=O)CSC(C)(C)C)CC1. The Morgan fingerprint density at radius 1 is 1.26 bits per heavy atom. The standard InChI is InChI=1S/C14H25NO3S/c1-5-14(12(17)18)6-8-15(9-7-14)11(16)10-19-13(2,3)4/h5-10H2,1-4H3,(H,17,18). The van der Waals surface area contributed by atoms with E-state index < -0.39 is 11.4 Å². The summed E-state index contributed by atoms with van der Waals surface area (Å²) in [4.78, 5) is 25.2. The Morgan fingerprint density at radius 3 is 2.16 bits per heavy atom. The second-order valence-electron chi connectivity index (χ2n) is 6.22. The van der Waals surface area contributed by atoms with Crippen molar-refractivity contribution in [2.75, 3.05) is 18.8 Å². The molecule has 5 heteroatoms. The van der Waals surface area contributed by atoms with E-state index in [0.717, 1.165) is 0 Å². The van der Waals surface area contributed by atoms with Gasteiger partial charge in [0.05, 0.1) is 11.2 Å². The lowest BCUT2D eigenvalue weighted by atomic mass is 9.76. The van der Waals surface area contributed by atoms with Crippen LogP contribution in [0.4, 0.5) is 0 Å². The van der Waals surface area contributed by atoms with Gasteiger partial charge in [0.15, 0.2) is 0 Å². The maximum absolute atomic E-state index is 12.1. The van der Waals surface area contributed by atoms with Crippen LogP contribution in [-0.4, -0.2) is 45.5 Å². The summed E-state index contributed by atoms with van der Waals surface area (Å²) in [5.41, 5.74) is -0.617. The summed E-state index contributed by atoms with van der Waals surface area (Å²) in [6.07, 6.45) is 1.79. The van der Waals surface area contributed by atoms with Crippen molar-refractivity contribution in [3.8, 4) is 0 Å². The lowest BCUT2D eigenvalue weighted by Crippen LogP contribution is -2.47. The van der Waals surface area contributed by atoms with Crippen LogP contribution in [0.5, 0.6) is 0 Å². The fraction of sp³-hybridized carbons (Fsp3) is 0.857. The highest BCUT2D eigenvalue weighted by molar-refractivity contribution is 8.01. The topological polar surface area (TPSA) is 57.6 Å². The molecule has 0 aromatic heterocycles. The summed E-state index contributed by atoms with van der Waals surface area (Å²) < 4.78 is 0.0830. The molecule has 1 aliphatic rings. The normalized spacial score (nSPS) is 19.3. The number of hydrogen-bond donors (Lipinski definition) is 1. The number of carboxylic acids is 1. The number of nitrogens with zero attached hydrogens (tertiary/aromatic N) is 1. The third kappa shape index (κ3) is 4.41. The van der Waals surface area contributed by atoms with Crippen LogP contribution in [0, 0.1) is 5.41 Å². The van der Waals surface area contributed by atoms with Crippen molar-refractivity contribution in [1.29, 1.82) is 0 Å². The number of amides is 1. The number of carbonyl (C=O) groups is 2. The van der Waals surface area contributed by atoms with Gasteiger partial charge in [-0.15, -0.1) is 11.8 Å². The molecule has 0 saturated carbocycles. The predicted molar refractivity (Wildman–Crippen MR) is 78.4 cm³/mol. The van der Waals surface area contributed by atoms with Gasteiger partial charge in [-0.05, 0) is 19.3 Å². The number of rotatable bonds is 4. The fourth-order valence-electron chi connectivity index (χ4n) is 2.27. The average molecular weight is 287 g/mol. The van der Waals surface area contributed by atoms with Crippen LogP contribution in [0.1, 0.15) is 47.0 Å². The van der Waals surface area contributed by atoms with Crippen LogP contribution >= 0.6 is 11.8 Å². The lowest BCUT2D eigenvalue weighted by Gasteiger charge is -2.38. The Morgan fingerprint density at radius 2 is 1.79 bits per heavy atom. The quantitative estimate of drug-likeness (QED) is 0.863. The zero-order chi connectivity index (χ0) is 14.7. The largest absolute Gasteiger partial charge is 0.481 e. The molecule has 0 aromatic carbocycles. The molecule has 0 atom stereocenters. The van der Waals surface area contributed by atoms with Crippen LogP contribution in [0.15, 0.2) is 0 Å². The van der Waals surface area contributed by atoms with Gasteiger partial charge in [0.1, 0.15) is 0 Å². The minimum Gasteiger partial charge on any atom is -0.481 e. The Bertz CT molecular complexity index is 341. The van der Waals surface area contributed by atoms with Crippen molar-refractivity contribution in [2.45, 2.75) is 51.7 Å². The first-order chi connectivity index (χ1) is 8.70. The van der Waals surface area contributed by atoms with Crippen molar-refractivity contribution in [3.05, 3.63) is 0 Å². The second kappa shape index (κ2) is 6.16. The van der Waals surface area contributed by atoms with Crippen LogP contribution in [0.25, 0.3) is 0 Å². The molecule has 1 amide bonds. The Hall–Kier alpha value is -0.710. The van der Waals surface area contributed by atoms with Crippen LogP contribution in [0.3, 0.4) is 0 Å². The van der Waals surface area contributed by atoms with Gasteiger partial charge >= 0.3 is 5.97 Å².